The zero-order chi connectivity index (χ0) is 15.0. The molecular formula is C12H25N3O4. The number of nitrogens with zero attached hydrogens (tertiary/aromatic N) is 2. The molecule has 3 N–H and O–H groups in total. The first kappa shape index (κ1) is 17.7. The molecule has 19 heavy (non-hydrogen) atoms. The van der Waals surface area contributed by atoms with Gasteiger partial charge < -0.3 is 25.3 Å². The highest BCUT2D eigenvalue weighted by molar-refractivity contribution is 5.75. The highest BCUT2D eigenvalue weighted by atomic mass is 16.4. The molecule has 0 aromatic heterocycles. The number of rotatable bonds is 8. The summed E-state index contributed by atoms with van der Waals surface area (Å²) in [5.74, 6) is -1.28. The van der Waals surface area contributed by atoms with Crippen molar-refractivity contribution in [1.82, 2.24) is 15.1 Å². The van der Waals surface area contributed by atoms with Gasteiger partial charge in [0.25, 0.3) is 0 Å². The summed E-state index contributed by atoms with van der Waals surface area (Å²) in [6, 6.07) is -0.182. The molecule has 0 aromatic carbocycles. The van der Waals surface area contributed by atoms with Crippen LogP contribution < -0.4 is 5.32 Å². The third-order valence-corrected chi connectivity index (χ3v) is 2.74. The van der Waals surface area contributed by atoms with Gasteiger partial charge in [-0.1, -0.05) is 0 Å². The van der Waals surface area contributed by atoms with Crippen LogP contribution in [0.1, 0.15) is 20.3 Å². The Hall–Kier alpha value is -1.34. The van der Waals surface area contributed by atoms with Gasteiger partial charge in [-0.2, -0.15) is 0 Å². The van der Waals surface area contributed by atoms with Gasteiger partial charge in [-0.05, 0) is 27.9 Å². The van der Waals surface area contributed by atoms with Crippen molar-refractivity contribution >= 4 is 12.0 Å². The molecule has 0 aromatic rings. The maximum atomic E-state index is 11.9. The summed E-state index contributed by atoms with van der Waals surface area (Å²) in [6.07, 6.45) is -1.43. The molecular weight excluding hydrogens is 250 g/mol. The average Bonchev–Trinajstić information content (AvgIpc) is 2.28. The number of carbonyl (C=O) groups excluding carboxylic acids is 1. The average molecular weight is 275 g/mol. The van der Waals surface area contributed by atoms with Crippen molar-refractivity contribution in [3.63, 3.8) is 0 Å². The van der Waals surface area contributed by atoms with Gasteiger partial charge in [-0.3, -0.25) is 0 Å². The Kier molecular flexibility index (Phi) is 8.09. The van der Waals surface area contributed by atoms with Crippen LogP contribution in [-0.2, 0) is 4.79 Å². The summed E-state index contributed by atoms with van der Waals surface area (Å²) in [5.41, 5.74) is 0. The predicted octanol–water partition coefficient (Wildman–Crippen LogP) is -0.196. The number of carbonyl (C=O) groups is 2. The first-order valence-electron chi connectivity index (χ1n) is 6.39. The fourth-order valence-corrected chi connectivity index (χ4v) is 1.82. The van der Waals surface area contributed by atoms with E-state index in [-0.39, 0.29) is 25.0 Å². The monoisotopic (exact) mass is 275 g/mol. The van der Waals surface area contributed by atoms with Crippen LogP contribution in [0.2, 0.25) is 0 Å². The summed E-state index contributed by atoms with van der Waals surface area (Å²) in [7, 11) is 3.87. The lowest BCUT2D eigenvalue weighted by Crippen LogP contribution is -2.48. The van der Waals surface area contributed by atoms with E-state index in [4.69, 9.17) is 10.2 Å². The maximum Gasteiger partial charge on any atom is 0.332 e. The Morgan fingerprint density at radius 2 is 1.89 bits per heavy atom. The van der Waals surface area contributed by atoms with Gasteiger partial charge in [0.05, 0.1) is 0 Å². The van der Waals surface area contributed by atoms with E-state index >= 15 is 0 Å². The molecule has 0 aliphatic carbocycles. The molecule has 0 spiro atoms. The van der Waals surface area contributed by atoms with E-state index < -0.39 is 12.1 Å². The smallest absolute Gasteiger partial charge is 0.332 e. The van der Waals surface area contributed by atoms with Crippen molar-refractivity contribution in [2.45, 2.75) is 32.4 Å². The van der Waals surface area contributed by atoms with Crippen LogP contribution in [0.25, 0.3) is 0 Å². The minimum absolute atomic E-state index is 0.000684. The molecule has 0 fully saturated rings. The van der Waals surface area contributed by atoms with Crippen molar-refractivity contribution in [3.8, 4) is 0 Å². The topological polar surface area (TPSA) is 93.1 Å². The lowest BCUT2D eigenvalue weighted by Gasteiger charge is -2.30. The van der Waals surface area contributed by atoms with Crippen molar-refractivity contribution in [2.24, 2.45) is 0 Å². The second-order valence-corrected chi connectivity index (χ2v) is 4.77. The first-order chi connectivity index (χ1) is 8.79. The van der Waals surface area contributed by atoms with Crippen LogP contribution in [0.15, 0.2) is 0 Å². The van der Waals surface area contributed by atoms with Gasteiger partial charge >= 0.3 is 12.0 Å². The molecule has 0 rings (SSSR count). The number of likely N-dealkylation sites (N-methyl/N-ethyl adjacent to an activating group) is 2. The lowest BCUT2D eigenvalue weighted by atomic mass is 10.2. The minimum atomic E-state index is -1.44. The highest BCUT2D eigenvalue weighted by Crippen LogP contribution is 2.01. The summed E-state index contributed by atoms with van der Waals surface area (Å²) in [4.78, 5) is 26.0. The number of amides is 2. The molecule has 7 nitrogen and oxygen atoms in total. The molecule has 0 radical (unpaired) electrons. The van der Waals surface area contributed by atoms with Crippen LogP contribution >= 0.6 is 0 Å². The third kappa shape index (κ3) is 6.97. The number of hydrogen-bond acceptors (Lipinski definition) is 4. The fourth-order valence-electron chi connectivity index (χ4n) is 1.82. The molecule has 2 unspecified atom stereocenters. The predicted molar refractivity (Wildman–Crippen MR) is 72.1 cm³/mol. The van der Waals surface area contributed by atoms with E-state index in [1.54, 1.807) is 4.90 Å². The van der Waals surface area contributed by atoms with Crippen LogP contribution in [0.4, 0.5) is 4.79 Å². The molecule has 0 bridgehead atoms. The van der Waals surface area contributed by atoms with Crippen LogP contribution in [0.3, 0.4) is 0 Å². The van der Waals surface area contributed by atoms with Crippen molar-refractivity contribution in [2.75, 3.05) is 33.7 Å². The Bertz CT molecular complexity index is 297. The highest BCUT2D eigenvalue weighted by Gasteiger charge is 2.19. The summed E-state index contributed by atoms with van der Waals surface area (Å²) in [5, 5.41) is 20.2. The molecule has 0 aliphatic heterocycles. The van der Waals surface area contributed by atoms with Gasteiger partial charge in [0.2, 0.25) is 0 Å². The van der Waals surface area contributed by atoms with Crippen LogP contribution in [-0.4, -0.2) is 77.9 Å². The third-order valence-electron chi connectivity index (χ3n) is 2.74. The van der Waals surface area contributed by atoms with Crippen molar-refractivity contribution < 1.29 is 19.8 Å². The normalized spacial score (nSPS) is 14.0. The SMILES string of the molecule is CCN(C(=O)NCCC(O)C(=O)O)C(C)CN(C)C. The number of urea groups is 1. The number of aliphatic hydroxyl groups is 1. The molecule has 0 saturated heterocycles. The van der Waals surface area contributed by atoms with E-state index in [2.05, 4.69) is 5.32 Å². The quantitative estimate of drug-likeness (QED) is 0.570. The van der Waals surface area contributed by atoms with Crippen molar-refractivity contribution in [1.29, 1.82) is 0 Å². The molecule has 7 heteroatoms. The minimum Gasteiger partial charge on any atom is -0.479 e. The largest absolute Gasteiger partial charge is 0.479 e. The van der Waals surface area contributed by atoms with E-state index in [1.165, 1.54) is 0 Å². The van der Waals surface area contributed by atoms with Gasteiger partial charge in [0.1, 0.15) is 0 Å². The number of carboxylic acid groups (broad SMARTS) is 1. The van der Waals surface area contributed by atoms with E-state index in [0.717, 1.165) is 6.54 Å². The Morgan fingerprint density at radius 3 is 2.32 bits per heavy atom. The van der Waals surface area contributed by atoms with Crippen LogP contribution in [0, 0.1) is 0 Å². The zero-order valence-electron chi connectivity index (χ0n) is 12.1. The number of hydrogen-bond donors (Lipinski definition) is 3. The Balaban J connectivity index is 4.18. The standard InChI is InChI=1S/C12H25N3O4/c1-5-15(9(2)8-14(3)4)12(19)13-7-6-10(16)11(17)18/h9-10,16H,5-8H2,1-4H3,(H,13,19)(H,17,18). The first-order valence-corrected chi connectivity index (χ1v) is 6.39. The zero-order valence-corrected chi connectivity index (χ0v) is 12.1. The van der Waals surface area contributed by atoms with Gasteiger partial charge in [-0.25, -0.2) is 9.59 Å². The summed E-state index contributed by atoms with van der Waals surface area (Å²) >= 11 is 0. The van der Waals surface area contributed by atoms with E-state index in [0.29, 0.717) is 6.54 Å². The van der Waals surface area contributed by atoms with Crippen molar-refractivity contribution in [3.05, 3.63) is 0 Å². The Morgan fingerprint density at radius 1 is 1.32 bits per heavy atom. The fraction of sp³-hybridized carbons (Fsp3) is 0.833. The number of aliphatic carboxylic acids is 1. The molecule has 0 saturated carbocycles. The Labute approximate surface area is 114 Å². The lowest BCUT2D eigenvalue weighted by molar-refractivity contribution is -0.146. The second-order valence-electron chi connectivity index (χ2n) is 4.77. The molecule has 112 valence electrons. The molecule has 0 aliphatic rings. The maximum absolute atomic E-state index is 11.9. The van der Waals surface area contributed by atoms with Crippen LogP contribution in [0.5, 0.6) is 0 Å². The number of aliphatic hydroxyl groups excluding tert-OH is 1. The summed E-state index contributed by atoms with van der Waals surface area (Å²) in [6.45, 7) is 5.30. The van der Waals surface area contributed by atoms with Gasteiger partial charge in [0.15, 0.2) is 6.10 Å². The van der Waals surface area contributed by atoms with E-state index in [9.17, 15) is 9.59 Å². The molecule has 0 heterocycles. The molecule has 2 atom stereocenters. The molecule has 2 amide bonds. The second kappa shape index (κ2) is 8.71. The van der Waals surface area contributed by atoms with Gasteiger partial charge in [0, 0.05) is 32.1 Å². The number of nitrogens with one attached hydrogen (secondary N) is 1. The number of carboxylic acids is 1. The van der Waals surface area contributed by atoms with Gasteiger partial charge in [-0.15, -0.1) is 0 Å². The van der Waals surface area contributed by atoms with E-state index in [1.807, 2.05) is 32.8 Å². The summed E-state index contributed by atoms with van der Waals surface area (Å²) < 4.78 is 0.